The van der Waals surface area contributed by atoms with E-state index in [1.165, 1.54) is 61.8 Å². The number of nitrogens with zero attached hydrogens (tertiary/aromatic N) is 1. The summed E-state index contributed by atoms with van der Waals surface area (Å²) in [6, 6.07) is 9.76. The molecule has 7 nitrogen and oxygen atoms in total. The van der Waals surface area contributed by atoms with Gasteiger partial charge in [0.25, 0.3) is 15.9 Å². The lowest BCUT2D eigenvalue weighted by atomic mass is 10.1. The van der Waals surface area contributed by atoms with E-state index in [4.69, 9.17) is 0 Å². The summed E-state index contributed by atoms with van der Waals surface area (Å²) in [5.41, 5.74) is 0.242. The highest BCUT2D eigenvalue weighted by Crippen LogP contribution is 2.22. The minimum absolute atomic E-state index is 0.00938. The van der Waals surface area contributed by atoms with Crippen LogP contribution in [0, 0.1) is 0 Å². The van der Waals surface area contributed by atoms with Gasteiger partial charge in [0.05, 0.1) is 16.1 Å². The highest BCUT2D eigenvalue weighted by molar-refractivity contribution is 9.10. The molecule has 0 aromatic heterocycles. The third-order valence-electron chi connectivity index (χ3n) is 3.69. The van der Waals surface area contributed by atoms with Crippen molar-refractivity contribution in [2.24, 2.45) is 0 Å². The number of carboxylic acids is 1. The topological polar surface area (TPSA) is 104 Å². The van der Waals surface area contributed by atoms with Crippen LogP contribution in [0.2, 0.25) is 0 Å². The maximum absolute atomic E-state index is 12.4. The number of rotatable bonds is 7. The van der Waals surface area contributed by atoms with Crippen molar-refractivity contribution in [2.45, 2.75) is 18.7 Å². The Morgan fingerprint density at radius 2 is 1.73 bits per heavy atom. The van der Waals surface area contributed by atoms with Gasteiger partial charge in [-0.1, -0.05) is 42.4 Å². The van der Waals surface area contributed by atoms with Crippen LogP contribution < -0.4 is 5.32 Å². The van der Waals surface area contributed by atoms with Crippen LogP contribution in [-0.2, 0) is 10.0 Å². The number of allylic oxidation sites excluding steroid dienone is 2. The van der Waals surface area contributed by atoms with Crippen molar-refractivity contribution in [3.05, 3.63) is 83.0 Å². The van der Waals surface area contributed by atoms with Crippen LogP contribution >= 0.6 is 15.9 Å². The molecule has 0 bridgehead atoms. The molecule has 0 spiro atoms. The average molecular weight is 495 g/mol. The van der Waals surface area contributed by atoms with Crippen molar-refractivity contribution in [3.63, 3.8) is 0 Å². The summed E-state index contributed by atoms with van der Waals surface area (Å²) in [7, 11) is -2.37. The Balaban J connectivity index is 0.00000218. The van der Waals surface area contributed by atoms with Crippen molar-refractivity contribution in [3.8, 4) is 0 Å². The first kappa shape index (κ1) is 25.1. The van der Waals surface area contributed by atoms with Gasteiger partial charge in [-0.3, -0.25) is 9.10 Å². The minimum Gasteiger partial charge on any atom is -0.478 e. The van der Waals surface area contributed by atoms with E-state index < -0.39 is 21.9 Å². The van der Waals surface area contributed by atoms with Crippen molar-refractivity contribution in [2.75, 3.05) is 12.4 Å². The molecule has 0 aliphatic heterocycles. The molecule has 0 atom stereocenters. The fraction of sp³-hybridized carbons (Fsp3) is 0.143. The second-order valence-electron chi connectivity index (χ2n) is 5.57. The standard InChI is InChI=1S/C19H17BrN2O5S.C2H6/c1-3-4-11-22(2)28(26,27)15-8-5-13(6-9-15)18(23)21-17-10-7-14(20)12-16(17)19(24)25;1-2/h3-12H,1H2,2H3,(H,21,23)(H,24,25);1-2H3/b11-4-;. The van der Waals surface area contributed by atoms with Gasteiger partial charge >= 0.3 is 5.97 Å². The molecule has 1 amide bonds. The van der Waals surface area contributed by atoms with E-state index in [-0.39, 0.29) is 21.7 Å². The van der Waals surface area contributed by atoms with E-state index in [1.54, 1.807) is 6.07 Å². The summed E-state index contributed by atoms with van der Waals surface area (Å²) in [6.07, 6.45) is 4.29. The van der Waals surface area contributed by atoms with Crippen LogP contribution in [0.4, 0.5) is 5.69 Å². The summed E-state index contributed by atoms with van der Waals surface area (Å²) in [4.78, 5) is 23.8. The van der Waals surface area contributed by atoms with Crippen LogP contribution in [0.1, 0.15) is 34.6 Å². The summed E-state index contributed by atoms with van der Waals surface area (Å²) >= 11 is 3.18. The number of nitrogens with one attached hydrogen (secondary N) is 1. The van der Waals surface area contributed by atoms with Gasteiger partial charge < -0.3 is 10.4 Å². The predicted molar refractivity (Wildman–Crippen MR) is 121 cm³/mol. The maximum atomic E-state index is 12.4. The quantitative estimate of drug-likeness (QED) is 0.540. The first-order valence-electron chi connectivity index (χ1n) is 8.88. The number of hydrogen-bond donors (Lipinski definition) is 2. The molecule has 2 aromatic carbocycles. The third-order valence-corrected chi connectivity index (χ3v) is 5.93. The predicted octanol–water partition coefficient (Wildman–Crippen LogP) is 4.75. The largest absolute Gasteiger partial charge is 0.478 e. The van der Waals surface area contributed by atoms with Crippen molar-refractivity contribution < 1.29 is 23.1 Å². The second-order valence-corrected chi connectivity index (χ2v) is 8.49. The Kier molecular flexibility index (Phi) is 9.48. The van der Waals surface area contributed by atoms with Crippen LogP contribution in [0.5, 0.6) is 0 Å². The molecule has 0 aliphatic carbocycles. The minimum atomic E-state index is -3.75. The molecule has 0 saturated carbocycles. The van der Waals surface area contributed by atoms with E-state index in [0.29, 0.717) is 4.47 Å². The van der Waals surface area contributed by atoms with Crippen molar-refractivity contribution in [1.82, 2.24) is 4.31 Å². The smallest absolute Gasteiger partial charge is 0.337 e. The molecule has 0 fully saturated rings. The molecule has 2 aromatic rings. The van der Waals surface area contributed by atoms with Gasteiger partial charge in [-0.15, -0.1) is 0 Å². The van der Waals surface area contributed by atoms with Crippen LogP contribution in [0.25, 0.3) is 0 Å². The number of anilines is 1. The number of hydrogen-bond acceptors (Lipinski definition) is 4. The SMILES string of the molecule is C=C/C=C\N(C)S(=O)(=O)c1ccc(C(=O)Nc2ccc(Br)cc2C(=O)O)cc1.CC. The number of carboxylic acid groups (broad SMARTS) is 1. The molecule has 0 unspecified atom stereocenters. The lowest BCUT2D eigenvalue weighted by Gasteiger charge is -2.15. The van der Waals surface area contributed by atoms with Gasteiger partial charge in [0, 0.05) is 23.3 Å². The van der Waals surface area contributed by atoms with Crippen LogP contribution in [0.15, 0.2) is 76.8 Å². The Morgan fingerprint density at radius 1 is 1.13 bits per heavy atom. The number of carbonyl (C=O) groups excluding carboxylic acids is 1. The maximum Gasteiger partial charge on any atom is 0.337 e. The lowest BCUT2D eigenvalue weighted by molar-refractivity contribution is 0.0698. The Bertz CT molecular complexity index is 1050. The monoisotopic (exact) mass is 494 g/mol. The van der Waals surface area contributed by atoms with Gasteiger partial charge in [0.15, 0.2) is 0 Å². The van der Waals surface area contributed by atoms with E-state index in [0.717, 1.165) is 4.31 Å². The number of sulfonamides is 1. The van der Waals surface area contributed by atoms with Crippen molar-refractivity contribution in [1.29, 1.82) is 0 Å². The molecule has 0 radical (unpaired) electrons. The number of aromatic carboxylic acids is 1. The second kappa shape index (κ2) is 11.3. The van der Waals surface area contributed by atoms with Crippen molar-refractivity contribution >= 4 is 43.5 Å². The number of amides is 1. The number of carbonyl (C=O) groups is 2. The molecule has 30 heavy (non-hydrogen) atoms. The normalized spacial score (nSPS) is 10.7. The molecule has 0 saturated heterocycles. The molecule has 2 rings (SSSR count). The van der Waals surface area contributed by atoms with E-state index in [2.05, 4.69) is 27.8 Å². The zero-order chi connectivity index (χ0) is 22.9. The van der Waals surface area contributed by atoms with Gasteiger partial charge in [0.1, 0.15) is 0 Å². The Labute approximate surface area is 184 Å². The van der Waals surface area contributed by atoms with E-state index in [1.807, 2.05) is 13.8 Å². The first-order valence-corrected chi connectivity index (χ1v) is 11.1. The summed E-state index contributed by atoms with van der Waals surface area (Å²) in [6.45, 7) is 7.48. The number of benzene rings is 2. The van der Waals surface area contributed by atoms with Gasteiger partial charge in [-0.05, 0) is 48.5 Å². The Morgan fingerprint density at radius 3 is 2.27 bits per heavy atom. The molecule has 0 heterocycles. The average Bonchev–Trinajstić information content (AvgIpc) is 2.74. The fourth-order valence-electron chi connectivity index (χ4n) is 2.20. The molecular formula is C21H23BrN2O5S. The first-order chi connectivity index (χ1) is 14.2. The number of halogens is 1. The zero-order valence-electron chi connectivity index (χ0n) is 16.8. The molecule has 160 valence electrons. The van der Waals surface area contributed by atoms with Gasteiger partial charge in [-0.25, -0.2) is 13.2 Å². The lowest BCUT2D eigenvalue weighted by Crippen LogP contribution is -2.21. The Hall–Kier alpha value is -2.91. The van der Waals surface area contributed by atoms with Gasteiger partial charge in [0.2, 0.25) is 0 Å². The van der Waals surface area contributed by atoms with Crippen LogP contribution in [0.3, 0.4) is 0 Å². The molecule has 2 N–H and O–H groups in total. The van der Waals surface area contributed by atoms with E-state index >= 15 is 0 Å². The third kappa shape index (κ3) is 6.30. The fourth-order valence-corrected chi connectivity index (χ4v) is 3.61. The zero-order valence-corrected chi connectivity index (χ0v) is 19.2. The highest BCUT2D eigenvalue weighted by atomic mass is 79.9. The summed E-state index contributed by atoms with van der Waals surface area (Å²) in [5.74, 6) is -1.75. The summed E-state index contributed by atoms with van der Waals surface area (Å²) in [5, 5.41) is 11.8. The summed E-state index contributed by atoms with van der Waals surface area (Å²) < 4.78 is 26.5. The molecule has 9 heteroatoms. The molecular weight excluding hydrogens is 472 g/mol. The van der Waals surface area contributed by atoms with E-state index in [9.17, 15) is 23.1 Å². The molecule has 0 aliphatic rings. The highest BCUT2D eigenvalue weighted by Gasteiger charge is 2.19. The van der Waals surface area contributed by atoms with Gasteiger partial charge in [-0.2, -0.15) is 0 Å². The van der Waals surface area contributed by atoms with Crippen LogP contribution in [-0.4, -0.2) is 36.8 Å².